The lowest BCUT2D eigenvalue weighted by atomic mass is 9.82. The first-order valence-corrected chi connectivity index (χ1v) is 17.9. The van der Waals surface area contributed by atoms with Gasteiger partial charge < -0.3 is 35.2 Å². The van der Waals surface area contributed by atoms with Crippen LogP contribution in [0.2, 0.25) is 0 Å². The number of carboxylic acids is 3. The van der Waals surface area contributed by atoms with Gasteiger partial charge in [-0.25, -0.2) is 9.59 Å². The number of allylic oxidation sites excluding steroid dienone is 1. The number of rotatable bonds is 27. The first kappa shape index (κ1) is 42.4. The van der Waals surface area contributed by atoms with Gasteiger partial charge in [-0.05, 0) is 43.4 Å². The van der Waals surface area contributed by atoms with Gasteiger partial charge in [-0.3, -0.25) is 19.3 Å². The summed E-state index contributed by atoms with van der Waals surface area (Å²) in [4.78, 5) is 63.4. The molecule has 3 atom stereocenters. The highest BCUT2D eigenvalue weighted by molar-refractivity contribution is 5.94. The van der Waals surface area contributed by atoms with Gasteiger partial charge in [-0.1, -0.05) is 69.7 Å². The number of ketones is 1. The number of hydrogen-bond donors (Lipinski definition) is 5. The summed E-state index contributed by atoms with van der Waals surface area (Å²) in [6, 6.07) is 5.20. The van der Waals surface area contributed by atoms with Crippen LogP contribution in [0.15, 0.2) is 36.4 Å². The van der Waals surface area contributed by atoms with Gasteiger partial charge >= 0.3 is 17.9 Å². The second kappa shape index (κ2) is 23.6. The summed E-state index contributed by atoms with van der Waals surface area (Å²) in [5, 5.41) is 42.2. The van der Waals surface area contributed by atoms with Gasteiger partial charge in [-0.15, -0.1) is 0 Å². The summed E-state index contributed by atoms with van der Waals surface area (Å²) in [5.74, 6) is -7.10. The summed E-state index contributed by atoms with van der Waals surface area (Å²) in [7, 11) is 0. The Morgan fingerprint density at radius 3 is 2.12 bits per heavy atom. The number of nitrogens with zero attached hydrogens (tertiary/aromatic N) is 1. The number of nitrogens with one attached hydrogen (secondary N) is 1. The van der Waals surface area contributed by atoms with Gasteiger partial charge in [-0.2, -0.15) is 0 Å². The van der Waals surface area contributed by atoms with Crippen LogP contribution in [0, 0.1) is 5.92 Å². The van der Waals surface area contributed by atoms with E-state index in [-0.39, 0.29) is 12.2 Å². The number of amides is 1. The fourth-order valence-corrected chi connectivity index (χ4v) is 5.77. The first-order valence-electron chi connectivity index (χ1n) is 17.9. The zero-order valence-electron chi connectivity index (χ0n) is 29.4. The molecule has 1 aliphatic heterocycles. The Morgan fingerprint density at radius 1 is 0.920 bits per heavy atom. The van der Waals surface area contributed by atoms with Crippen LogP contribution >= 0.6 is 0 Å². The van der Waals surface area contributed by atoms with Crippen molar-refractivity contribution in [3.8, 4) is 5.75 Å². The summed E-state index contributed by atoms with van der Waals surface area (Å²) >= 11 is 0. The van der Waals surface area contributed by atoms with E-state index in [4.69, 9.17) is 9.47 Å². The molecule has 280 valence electrons. The van der Waals surface area contributed by atoms with Gasteiger partial charge in [0.05, 0.1) is 25.6 Å². The third-order valence-electron chi connectivity index (χ3n) is 8.81. The smallest absolute Gasteiger partial charge is 0.337 e. The van der Waals surface area contributed by atoms with Gasteiger partial charge in [0.15, 0.2) is 5.60 Å². The average molecular weight is 705 g/mol. The van der Waals surface area contributed by atoms with E-state index in [1.165, 1.54) is 12.5 Å². The fraction of sp³-hybridized carbons (Fsp3) is 0.649. The second-order valence-corrected chi connectivity index (χ2v) is 12.9. The largest absolute Gasteiger partial charge is 0.492 e. The molecule has 5 N–H and O–H groups in total. The highest BCUT2D eigenvalue weighted by atomic mass is 16.5. The number of benzene rings is 1. The number of hydrogen-bond acceptors (Lipinski definition) is 9. The van der Waals surface area contributed by atoms with Crippen molar-refractivity contribution in [1.29, 1.82) is 0 Å². The molecule has 1 aromatic carbocycles. The molecule has 0 aliphatic carbocycles. The Kier molecular flexibility index (Phi) is 20.0. The topological polar surface area (TPSA) is 200 Å². The fourth-order valence-electron chi connectivity index (χ4n) is 5.77. The van der Waals surface area contributed by atoms with Gasteiger partial charge in [0.2, 0.25) is 5.91 Å². The van der Waals surface area contributed by atoms with E-state index in [9.17, 15) is 44.4 Å². The number of Topliss-reactive ketones (excluding diaryl/α,β-unsaturated/α-hetero) is 1. The third-order valence-corrected chi connectivity index (χ3v) is 8.81. The lowest BCUT2D eigenvalue weighted by Crippen LogP contribution is -2.55. The molecule has 1 fully saturated rings. The van der Waals surface area contributed by atoms with Crippen molar-refractivity contribution in [3.63, 3.8) is 0 Å². The monoisotopic (exact) mass is 704 g/mol. The lowest BCUT2D eigenvalue weighted by molar-refractivity contribution is -0.172. The van der Waals surface area contributed by atoms with Crippen molar-refractivity contribution in [2.24, 2.45) is 5.92 Å². The standard InChI is InChI=1S/C37H56N2O11/c1-2-3-4-7-10-13-29(40)14-11-8-5-6-9-12-15-31(37(48,36(46)47)27-33(41)42)34(43)38-32(35(44)45)26-28-16-18-30(19-17-28)50-25-22-39-20-23-49-24-21-39/h12,15-19,31-32,48H,2-11,13-14,20-27H2,1H3,(H,38,43)(H,41,42)(H,44,45)(H,46,47)/b15-12+. The maximum absolute atomic E-state index is 13.4. The third kappa shape index (κ3) is 16.3. The van der Waals surface area contributed by atoms with E-state index in [1.54, 1.807) is 24.3 Å². The molecule has 0 radical (unpaired) electrons. The van der Waals surface area contributed by atoms with E-state index in [1.807, 2.05) is 0 Å². The minimum atomic E-state index is -3.02. The van der Waals surface area contributed by atoms with Crippen LogP contribution in [0.5, 0.6) is 5.75 Å². The highest BCUT2D eigenvalue weighted by Gasteiger charge is 2.49. The van der Waals surface area contributed by atoms with E-state index in [0.717, 1.165) is 70.7 Å². The molecule has 0 saturated carbocycles. The summed E-state index contributed by atoms with van der Waals surface area (Å²) < 4.78 is 11.1. The van der Waals surface area contributed by atoms with Gasteiger partial charge in [0.1, 0.15) is 24.2 Å². The molecule has 1 aliphatic rings. The Morgan fingerprint density at radius 2 is 1.54 bits per heavy atom. The average Bonchev–Trinajstić information content (AvgIpc) is 3.07. The molecule has 3 unspecified atom stereocenters. The Balaban J connectivity index is 1.95. The van der Waals surface area contributed by atoms with E-state index in [2.05, 4.69) is 17.1 Å². The Bertz CT molecular complexity index is 1230. The number of ether oxygens (including phenoxy) is 2. The molecule has 1 saturated heterocycles. The van der Waals surface area contributed by atoms with Crippen LogP contribution in [0.4, 0.5) is 0 Å². The molecule has 0 spiro atoms. The number of aliphatic hydroxyl groups is 1. The van der Waals surface area contributed by atoms with Crippen molar-refractivity contribution in [1.82, 2.24) is 10.2 Å². The Labute approximate surface area is 295 Å². The molecular formula is C37H56N2O11. The normalized spacial score (nSPS) is 16.0. The molecule has 13 heteroatoms. The maximum Gasteiger partial charge on any atom is 0.337 e. The zero-order chi connectivity index (χ0) is 36.8. The highest BCUT2D eigenvalue weighted by Crippen LogP contribution is 2.26. The van der Waals surface area contributed by atoms with Crippen LogP contribution in [-0.4, -0.2) is 106 Å². The molecule has 1 heterocycles. The number of carboxylic acid groups (broad SMARTS) is 3. The van der Waals surface area contributed by atoms with Crippen LogP contribution in [0.25, 0.3) is 0 Å². The molecule has 0 bridgehead atoms. The number of aliphatic carboxylic acids is 3. The molecule has 2 rings (SSSR count). The number of morpholine rings is 1. The summed E-state index contributed by atoms with van der Waals surface area (Å²) in [5.41, 5.74) is -2.47. The summed E-state index contributed by atoms with van der Waals surface area (Å²) in [6.07, 6.45) is 11.3. The number of carbonyl (C=O) groups is 5. The minimum Gasteiger partial charge on any atom is -0.492 e. The van der Waals surface area contributed by atoms with Crippen LogP contribution < -0.4 is 10.1 Å². The van der Waals surface area contributed by atoms with Gasteiger partial charge in [0, 0.05) is 38.9 Å². The SMILES string of the molecule is CCCCCCCC(=O)CCCCCC/C=C/C(C(=O)NC(Cc1ccc(OCCN2CCOCC2)cc1)C(=O)O)C(O)(CC(=O)O)C(=O)O. The quantitative estimate of drug-likeness (QED) is 0.0646. The molecule has 50 heavy (non-hydrogen) atoms. The lowest BCUT2D eigenvalue weighted by Gasteiger charge is -2.29. The molecule has 1 amide bonds. The molecule has 0 aromatic heterocycles. The number of carbonyl (C=O) groups excluding carboxylic acids is 2. The van der Waals surface area contributed by atoms with E-state index < -0.39 is 47.8 Å². The zero-order valence-corrected chi connectivity index (χ0v) is 29.4. The maximum atomic E-state index is 13.4. The van der Waals surface area contributed by atoms with E-state index >= 15 is 0 Å². The van der Waals surface area contributed by atoms with Crippen LogP contribution in [0.3, 0.4) is 0 Å². The predicted molar refractivity (Wildman–Crippen MR) is 186 cm³/mol. The number of unbranched alkanes of at least 4 members (excludes halogenated alkanes) is 8. The molecule has 1 aromatic rings. The summed E-state index contributed by atoms with van der Waals surface area (Å²) in [6.45, 7) is 6.40. The van der Waals surface area contributed by atoms with Crippen LogP contribution in [0.1, 0.15) is 96.0 Å². The van der Waals surface area contributed by atoms with Gasteiger partial charge in [0.25, 0.3) is 0 Å². The van der Waals surface area contributed by atoms with Crippen molar-refractivity contribution in [2.75, 3.05) is 39.5 Å². The molecular weight excluding hydrogens is 648 g/mol. The first-order chi connectivity index (χ1) is 24.0. The van der Waals surface area contributed by atoms with Crippen molar-refractivity contribution < 1.29 is 53.9 Å². The predicted octanol–water partition coefficient (Wildman–Crippen LogP) is 4.24. The van der Waals surface area contributed by atoms with E-state index in [0.29, 0.717) is 56.8 Å². The minimum absolute atomic E-state index is 0.155. The molecule has 13 nitrogen and oxygen atoms in total. The Hall–Kier alpha value is -3.81. The van der Waals surface area contributed by atoms with Crippen molar-refractivity contribution >= 4 is 29.6 Å². The van der Waals surface area contributed by atoms with Crippen molar-refractivity contribution in [3.05, 3.63) is 42.0 Å². The second-order valence-electron chi connectivity index (χ2n) is 12.9. The van der Waals surface area contributed by atoms with Crippen molar-refractivity contribution in [2.45, 2.75) is 108 Å². The van der Waals surface area contributed by atoms with Crippen LogP contribution in [-0.2, 0) is 35.1 Å².